The molecule has 0 bridgehead atoms. The standard InChI is InChI=1S/C31H33NO8/c1-19-8-6-7-9-21(19)18-40-23-12-10-20(11-13-23)28(33)26-27(32(14-15-36-2)31(35)29(26)34)22-16-24(37-3)30(39-5)25(17-22)38-4/h6-13,16-17,27,33H,14-15,18H2,1-5H3. The molecule has 3 aromatic rings. The van der Waals surface area contributed by atoms with Gasteiger partial charge in [-0.05, 0) is 60.0 Å². The highest BCUT2D eigenvalue weighted by atomic mass is 16.5. The molecule has 1 atom stereocenters. The SMILES string of the molecule is COCCN1C(=O)C(=O)C(=C(O)c2ccc(OCc3ccccc3C)cc2)C1c1cc(OC)c(OC)c(OC)c1. The number of aryl methyl sites for hydroxylation is 1. The molecule has 1 heterocycles. The van der Waals surface area contributed by atoms with Crippen LogP contribution >= 0.6 is 0 Å². The van der Waals surface area contributed by atoms with Crippen LogP contribution in [0.1, 0.15) is 28.3 Å². The van der Waals surface area contributed by atoms with Crippen LogP contribution in [0.3, 0.4) is 0 Å². The lowest BCUT2D eigenvalue weighted by Gasteiger charge is -2.26. The fraction of sp³-hybridized carbons (Fsp3) is 0.290. The monoisotopic (exact) mass is 547 g/mol. The normalized spacial score (nSPS) is 16.2. The first-order chi connectivity index (χ1) is 19.3. The first-order valence-corrected chi connectivity index (χ1v) is 12.7. The summed E-state index contributed by atoms with van der Waals surface area (Å²) in [6.07, 6.45) is 0. The van der Waals surface area contributed by atoms with E-state index < -0.39 is 17.7 Å². The minimum Gasteiger partial charge on any atom is -0.507 e. The molecular weight excluding hydrogens is 514 g/mol. The van der Waals surface area contributed by atoms with Crippen molar-refractivity contribution < 1.29 is 38.4 Å². The quantitative estimate of drug-likeness (QED) is 0.210. The number of aliphatic hydroxyl groups excluding tert-OH is 1. The van der Waals surface area contributed by atoms with Crippen LogP contribution in [0.15, 0.2) is 66.2 Å². The molecule has 1 saturated heterocycles. The number of rotatable bonds is 11. The molecular formula is C31H33NO8. The summed E-state index contributed by atoms with van der Waals surface area (Å²) in [5, 5.41) is 11.4. The maximum Gasteiger partial charge on any atom is 0.295 e. The summed E-state index contributed by atoms with van der Waals surface area (Å²) in [6.45, 7) is 2.74. The number of hydrogen-bond donors (Lipinski definition) is 1. The van der Waals surface area contributed by atoms with Gasteiger partial charge in [0.1, 0.15) is 18.1 Å². The Morgan fingerprint density at radius 3 is 2.12 bits per heavy atom. The molecule has 0 aromatic heterocycles. The number of benzene rings is 3. The van der Waals surface area contributed by atoms with Gasteiger partial charge in [-0.1, -0.05) is 24.3 Å². The molecule has 4 rings (SSSR count). The molecule has 1 aliphatic rings. The Balaban J connectivity index is 1.74. The lowest BCUT2D eigenvalue weighted by atomic mass is 9.94. The number of hydrogen-bond acceptors (Lipinski definition) is 8. The average Bonchev–Trinajstić information content (AvgIpc) is 3.23. The van der Waals surface area contributed by atoms with Gasteiger partial charge in [-0.25, -0.2) is 0 Å². The van der Waals surface area contributed by atoms with E-state index >= 15 is 0 Å². The summed E-state index contributed by atoms with van der Waals surface area (Å²) < 4.78 is 27.5. The van der Waals surface area contributed by atoms with Gasteiger partial charge in [0.25, 0.3) is 11.7 Å². The number of ether oxygens (including phenoxy) is 5. The molecule has 40 heavy (non-hydrogen) atoms. The molecule has 210 valence electrons. The molecule has 0 spiro atoms. The van der Waals surface area contributed by atoms with Crippen molar-refractivity contribution in [2.24, 2.45) is 0 Å². The van der Waals surface area contributed by atoms with Crippen LogP contribution < -0.4 is 18.9 Å². The molecule has 1 N–H and O–H groups in total. The highest BCUT2D eigenvalue weighted by Crippen LogP contribution is 2.45. The number of ketones is 1. The van der Waals surface area contributed by atoms with E-state index in [9.17, 15) is 14.7 Å². The van der Waals surface area contributed by atoms with Gasteiger partial charge in [-0.2, -0.15) is 0 Å². The van der Waals surface area contributed by atoms with Crippen LogP contribution in [-0.2, 0) is 20.9 Å². The minimum atomic E-state index is -0.916. The molecule has 1 amide bonds. The van der Waals surface area contributed by atoms with E-state index in [1.165, 1.54) is 33.3 Å². The Hall–Kier alpha value is -4.50. The van der Waals surface area contributed by atoms with Crippen molar-refractivity contribution in [2.45, 2.75) is 19.6 Å². The zero-order valence-corrected chi connectivity index (χ0v) is 23.2. The molecule has 1 aliphatic heterocycles. The lowest BCUT2D eigenvalue weighted by Crippen LogP contribution is -2.32. The number of carbonyl (C=O) groups is 2. The summed E-state index contributed by atoms with van der Waals surface area (Å²) >= 11 is 0. The van der Waals surface area contributed by atoms with Crippen molar-refractivity contribution in [3.8, 4) is 23.0 Å². The van der Waals surface area contributed by atoms with E-state index in [0.29, 0.717) is 40.7 Å². The second-order valence-electron chi connectivity index (χ2n) is 9.18. The largest absolute Gasteiger partial charge is 0.507 e. The molecule has 9 nitrogen and oxygen atoms in total. The van der Waals surface area contributed by atoms with E-state index in [4.69, 9.17) is 23.7 Å². The number of likely N-dealkylation sites (tertiary alicyclic amines) is 1. The van der Waals surface area contributed by atoms with Gasteiger partial charge in [0.2, 0.25) is 5.75 Å². The third kappa shape index (κ3) is 5.60. The fourth-order valence-electron chi connectivity index (χ4n) is 4.70. The van der Waals surface area contributed by atoms with Gasteiger partial charge >= 0.3 is 0 Å². The minimum absolute atomic E-state index is 0.0519. The van der Waals surface area contributed by atoms with Gasteiger partial charge in [-0.3, -0.25) is 9.59 Å². The highest BCUT2D eigenvalue weighted by Gasteiger charge is 2.46. The number of nitrogens with zero attached hydrogens (tertiary/aromatic N) is 1. The van der Waals surface area contributed by atoms with E-state index in [0.717, 1.165) is 11.1 Å². The topological polar surface area (TPSA) is 104 Å². The number of amides is 1. The van der Waals surface area contributed by atoms with E-state index in [-0.39, 0.29) is 24.5 Å². The Morgan fingerprint density at radius 1 is 0.900 bits per heavy atom. The van der Waals surface area contributed by atoms with E-state index in [2.05, 4.69) is 0 Å². The number of methoxy groups -OCH3 is 4. The molecule has 0 radical (unpaired) electrons. The highest BCUT2D eigenvalue weighted by molar-refractivity contribution is 6.46. The number of carbonyl (C=O) groups excluding carboxylic acids is 2. The second kappa shape index (κ2) is 12.6. The van der Waals surface area contributed by atoms with Crippen molar-refractivity contribution in [1.82, 2.24) is 4.90 Å². The zero-order valence-electron chi connectivity index (χ0n) is 23.2. The van der Waals surface area contributed by atoms with Crippen LogP contribution in [0.2, 0.25) is 0 Å². The van der Waals surface area contributed by atoms with Crippen LogP contribution in [0.25, 0.3) is 5.76 Å². The summed E-state index contributed by atoms with van der Waals surface area (Å²) in [4.78, 5) is 27.8. The Labute approximate surface area is 233 Å². The van der Waals surface area contributed by atoms with Crippen molar-refractivity contribution in [2.75, 3.05) is 41.6 Å². The summed E-state index contributed by atoms with van der Waals surface area (Å²) in [6, 6.07) is 17.1. The smallest absolute Gasteiger partial charge is 0.295 e. The molecule has 0 aliphatic carbocycles. The van der Waals surface area contributed by atoms with Crippen molar-refractivity contribution in [1.29, 1.82) is 0 Å². The Kier molecular flexibility index (Phi) is 8.96. The van der Waals surface area contributed by atoms with Crippen molar-refractivity contribution >= 4 is 17.4 Å². The maximum absolute atomic E-state index is 13.3. The van der Waals surface area contributed by atoms with Gasteiger partial charge in [0.15, 0.2) is 11.5 Å². The van der Waals surface area contributed by atoms with Crippen molar-refractivity contribution in [3.63, 3.8) is 0 Å². The second-order valence-corrected chi connectivity index (χ2v) is 9.18. The van der Waals surface area contributed by atoms with E-state index in [1.54, 1.807) is 36.4 Å². The van der Waals surface area contributed by atoms with Gasteiger partial charge < -0.3 is 33.7 Å². The predicted molar refractivity (Wildman–Crippen MR) is 149 cm³/mol. The van der Waals surface area contributed by atoms with E-state index in [1.807, 2.05) is 31.2 Å². The number of Topliss-reactive ketones (excluding diaryl/α,β-unsaturated/α-hetero) is 1. The van der Waals surface area contributed by atoms with Gasteiger partial charge in [0.05, 0.1) is 39.6 Å². The van der Waals surface area contributed by atoms with Gasteiger partial charge in [-0.15, -0.1) is 0 Å². The van der Waals surface area contributed by atoms with Crippen LogP contribution in [-0.4, -0.2) is 63.3 Å². The fourth-order valence-corrected chi connectivity index (χ4v) is 4.70. The van der Waals surface area contributed by atoms with Crippen LogP contribution in [0.5, 0.6) is 23.0 Å². The van der Waals surface area contributed by atoms with Crippen LogP contribution in [0.4, 0.5) is 0 Å². The molecule has 0 saturated carbocycles. The molecule has 9 heteroatoms. The third-order valence-corrected chi connectivity index (χ3v) is 6.86. The Bertz CT molecular complexity index is 1390. The number of aliphatic hydroxyl groups is 1. The maximum atomic E-state index is 13.3. The summed E-state index contributed by atoms with van der Waals surface area (Å²) in [5.41, 5.74) is 3.01. The lowest BCUT2D eigenvalue weighted by molar-refractivity contribution is -0.140. The van der Waals surface area contributed by atoms with Gasteiger partial charge in [0, 0.05) is 19.2 Å². The average molecular weight is 548 g/mol. The summed E-state index contributed by atoms with van der Waals surface area (Å²) in [7, 11) is 5.95. The van der Waals surface area contributed by atoms with Crippen LogP contribution in [0, 0.1) is 6.92 Å². The van der Waals surface area contributed by atoms with Crippen molar-refractivity contribution in [3.05, 3.63) is 88.5 Å². The first kappa shape index (κ1) is 28.5. The summed E-state index contributed by atoms with van der Waals surface area (Å²) in [5.74, 6) is -0.177. The zero-order chi connectivity index (χ0) is 28.8. The third-order valence-electron chi connectivity index (χ3n) is 6.86. The molecule has 3 aromatic carbocycles. The Morgan fingerprint density at radius 2 is 1.55 bits per heavy atom. The molecule has 1 fully saturated rings. The predicted octanol–water partition coefficient (Wildman–Crippen LogP) is 4.67. The first-order valence-electron chi connectivity index (χ1n) is 12.7. The molecule has 1 unspecified atom stereocenters.